The second kappa shape index (κ2) is 12.9. The minimum absolute atomic E-state index is 0.824. The number of hydrogen-bond donors (Lipinski definition) is 3. The first-order valence-corrected chi connectivity index (χ1v) is 6.02. The first kappa shape index (κ1) is 13.9. The zero-order valence-electron chi connectivity index (χ0n) is 9.43. The van der Waals surface area contributed by atoms with E-state index in [1.807, 2.05) is 0 Å². The Labute approximate surface area is 88.6 Å². The molecular weight excluding hydrogens is 174 g/mol. The maximum atomic E-state index is 5.28. The van der Waals surface area contributed by atoms with Gasteiger partial charge in [0.2, 0.25) is 0 Å². The van der Waals surface area contributed by atoms with Crippen LogP contribution in [0.2, 0.25) is 0 Å². The van der Waals surface area contributed by atoms with Crippen LogP contribution in [-0.4, -0.2) is 26.2 Å². The van der Waals surface area contributed by atoms with Crippen molar-refractivity contribution >= 4 is 0 Å². The van der Waals surface area contributed by atoms with E-state index < -0.39 is 0 Å². The number of piperidine rings is 1. The normalized spacial score (nSPS) is 15.9. The molecule has 0 atom stereocenters. The fourth-order valence-electron chi connectivity index (χ4n) is 1.44. The average molecular weight is 201 g/mol. The lowest BCUT2D eigenvalue weighted by atomic mass is 10.2. The Bertz CT molecular complexity index is 75.0. The standard InChI is InChI=1S/C6H16N2.C5H11N/c7-5-3-1-2-4-6-8;1-2-4-6-5-3-1/h1-8H2;6H,1-5H2. The molecule has 86 valence electrons. The second-order valence-electron chi connectivity index (χ2n) is 3.80. The molecule has 0 radical (unpaired) electrons. The summed E-state index contributed by atoms with van der Waals surface area (Å²) in [6.07, 6.45) is 9.01. The molecule has 0 aliphatic carbocycles. The lowest BCUT2D eigenvalue weighted by Crippen LogP contribution is -2.21. The Balaban J connectivity index is 0.000000249. The van der Waals surface area contributed by atoms with Gasteiger partial charge in [0, 0.05) is 0 Å². The van der Waals surface area contributed by atoms with Gasteiger partial charge in [-0.15, -0.1) is 0 Å². The summed E-state index contributed by atoms with van der Waals surface area (Å²) in [6, 6.07) is 0. The van der Waals surface area contributed by atoms with Crippen molar-refractivity contribution in [2.24, 2.45) is 11.5 Å². The molecule has 1 fully saturated rings. The summed E-state index contributed by atoms with van der Waals surface area (Å²) in [6.45, 7) is 4.15. The van der Waals surface area contributed by atoms with E-state index in [-0.39, 0.29) is 0 Å². The van der Waals surface area contributed by atoms with E-state index in [0.29, 0.717) is 0 Å². The lowest BCUT2D eigenvalue weighted by Gasteiger charge is -2.08. The van der Waals surface area contributed by atoms with Crippen LogP contribution in [0, 0.1) is 0 Å². The number of rotatable bonds is 5. The molecule has 3 nitrogen and oxygen atoms in total. The average Bonchev–Trinajstić information content (AvgIpc) is 2.28. The Morgan fingerprint density at radius 1 is 0.714 bits per heavy atom. The molecular formula is C11H27N3. The van der Waals surface area contributed by atoms with E-state index in [1.54, 1.807) is 0 Å². The van der Waals surface area contributed by atoms with Crippen LogP contribution in [0.4, 0.5) is 0 Å². The minimum Gasteiger partial charge on any atom is -0.330 e. The molecule has 0 bridgehead atoms. The summed E-state index contributed by atoms with van der Waals surface area (Å²) in [5, 5.41) is 3.28. The summed E-state index contributed by atoms with van der Waals surface area (Å²) in [5.41, 5.74) is 10.6. The van der Waals surface area contributed by atoms with Crippen LogP contribution in [0.5, 0.6) is 0 Å². The largest absolute Gasteiger partial charge is 0.330 e. The lowest BCUT2D eigenvalue weighted by molar-refractivity contribution is 0.520. The van der Waals surface area contributed by atoms with Crippen LogP contribution in [0.1, 0.15) is 44.9 Å². The first-order chi connectivity index (χ1) is 6.91. The van der Waals surface area contributed by atoms with Crippen LogP contribution in [0.25, 0.3) is 0 Å². The van der Waals surface area contributed by atoms with Crippen LogP contribution in [0.15, 0.2) is 0 Å². The molecule has 1 aliphatic heterocycles. The zero-order valence-corrected chi connectivity index (χ0v) is 9.43. The van der Waals surface area contributed by atoms with Gasteiger partial charge in [0.15, 0.2) is 0 Å². The van der Waals surface area contributed by atoms with Crippen molar-refractivity contribution in [2.75, 3.05) is 26.2 Å². The van der Waals surface area contributed by atoms with Gasteiger partial charge in [-0.25, -0.2) is 0 Å². The molecule has 0 aromatic heterocycles. The van der Waals surface area contributed by atoms with Crippen molar-refractivity contribution in [3.05, 3.63) is 0 Å². The third kappa shape index (κ3) is 11.9. The Kier molecular flexibility index (Phi) is 12.8. The van der Waals surface area contributed by atoms with E-state index >= 15 is 0 Å². The number of nitrogens with one attached hydrogen (secondary N) is 1. The maximum absolute atomic E-state index is 5.28. The fourth-order valence-corrected chi connectivity index (χ4v) is 1.44. The number of nitrogens with two attached hydrogens (primary N) is 2. The summed E-state index contributed by atoms with van der Waals surface area (Å²) in [5.74, 6) is 0. The molecule has 1 aliphatic rings. The molecule has 14 heavy (non-hydrogen) atoms. The monoisotopic (exact) mass is 201 g/mol. The van der Waals surface area contributed by atoms with Crippen molar-refractivity contribution < 1.29 is 0 Å². The van der Waals surface area contributed by atoms with Crippen LogP contribution >= 0.6 is 0 Å². The quantitative estimate of drug-likeness (QED) is 0.586. The molecule has 0 unspecified atom stereocenters. The molecule has 0 aromatic rings. The van der Waals surface area contributed by atoms with Gasteiger partial charge in [-0.1, -0.05) is 19.3 Å². The second-order valence-corrected chi connectivity index (χ2v) is 3.80. The summed E-state index contributed by atoms with van der Waals surface area (Å²) in [4.78, 5) is 0. The highest BCUT2D eigenvalue weighted by atomic mass is 14.9. The van der Waals surface area contributed by atoms with Crippen molar-refractivity contribution in [1.82, 2.24) is 5.32 Å². The van der Waals surface area contributed by atoms with Gasteiger partial charge in [0.1, 0.15) is 0 Å². The molecule has 1 rings (SSSR count). The van der Waals surface area contributed by atoms with E-state index in [1.165, 1.54) is 45.2 Å². The van der Waals surface area contributed by atoms with Crippen LogP contribution in [0.3, 0.4) is 0 Å². The molecule has 5 N–H and O–H groups in total. The van der Waals surface area contributed by atoms with Crippen molar-refractivity contribution in [3.8, 4) is 0 Å². The predicted molar refractivity (Wildman–Crippen MR) is 63.3 cm³/mol. The van der Waals surface area contributed by atoms with Crippen molar-refractivity contribution in [3.63, 3.8) is 0 Å². The molecule has 3 heteroatoms. The van der Waals surface area contributed by atoms with Crippen molar-refractivity contribution in [1.29, 1.82) is 0 Å². The topological polar surface area (TPSA) is 64.1 Å². The van der Waals surface area contributed by atoms with Crippen LogP contribution in [-0.2, 0) is 0 Å². The van der Waals surface area contributed by atoms with Gasteiger partial charge in [0.25, 0.3) is 0 Å². The van der Waals surface area contributed by atoms with Gasteiger partial charge < -0.3 is 16.8 Å². The molecule has 0 spiro atoms. The molecule has 0 amide bonds. The highest BCUT2D eigenvalue weighted by molar-refractivity contribution is 4.55. The molecule has 0 aromatic carbocycles. The zero-order chi connectivity index (χ0) is 10.5. The first-order valence-electron chi connectivity index (χ1n) is 6.02. The number of hydrogen-bond acceptors (Lipinski definition) is 3. The minimum atomic E-state index is 0.824. The summed E-state index contributed by atoms with van der Waals surface area (Å²) >= 11 is 0. The maximum Gasteiger partial charge on any atom is -0.00489 e. The van der Waals surface area contributed by atoms with E-state index in [0.717, 1.165) is 25.9 Å². The van der Waals surface area contributed by atoms with Gasteiger partial charge >= 0.3 is 0 Å². The molecule has 1 saturated heterocycles. The summed E-state index contributed by atoms with van der Waals surface area (Å²) < 4.78 is 0. The Morgan fingerprint density at radius 2 is 1.21 bits per heavy atom. The highest BCUT2D eigenvalue weighted by Gasteiger charge is 1.93. The SMILES string of the molecule is C1CCNCC1.NCCCCCCN. The smallest absolute Gasteiger partial charge is 0.00489 e. The van der Waals surface area contributed by atoms with Gasteiger partial charge in [-0.2, -0.15) is 0 Å². The van der Waals surface area contributed by atoms with Crippen molar-refractivity contribution in [2.45, 2.75) is 44.9 Å². The number of unbranched alkanes of at least 4 members (excludes halogenated alkanes) is 3. The highest BCUT2D eigenvalue weighted by Crippen LogP contribution is 1.96. The third-order valence-corrected chi connectivity index (χ3v) is 2.37. The van der Waals surface area contributed by atoms with E-state index in [2.05, 4.69) is 5.32 Å². The third-order valence-electron chi connectivity index (χ3n) is 2.37. The Hall–Kier alpha value is -0.120. The Morgan fingerprint density at radius 3 is 1.43 bits per heavy atom. The summed E-state index contributed by atoms with van der Waals surface area (Å²) in [7, 11) is 0. The fraction of sp³-hybridized carbons (Fsp3) is 1.00. The van der Waals surface area contributed by atoms with E-state index in [9.17, 15) is 0 Å². The van der Waals surface area contributed by atoms with Gasteiger partial charge in [0.05, 0.1) is 0 Å². The van der Waals surface area contributed by atoms with Gasteiger partial charge in [-0.05, 0) is 51.9 Å². The van der Waals surface area contributed by atoms with E-state index in [4.69, 9.17) is 11.5 Å². The molecule has 1 heterocycles. The molecule has 0 saturated carbocycles. The predicted octanol–water partition coefficient (Wildman–Crippen LogP) is 1.22. The van der Waals surface area contributed by atoms with Gasteiger partial charge in [-0.3, -0.25) is 0 Å². The van der Waals surface area contributed by atoms with Crippen LogP contribution < -0.4 is 16.8 Å².